The van der Waals surface area contributed by atoms with Gasteiger partial charge in [-0.1, -0.05) is 0 Å². The molecule has 1 atom stereocenters. The molecular weight excluding hydrogens is 252 g/mol. The Bertz CT molecular complexity index is 487. The van der Waals surface area contributed by atoms with E-state index in [1.807, 2.05) is 18.5 Å². The summed E-state index contributed by atoms with van der Waals surface area (Å²) in [6, 6.07) is -0.0207. The average molecular weight is 274 g/mol. The molecule has 1 N–H and O–H groups in total. The molecule has 1 aromatic heterocycles. The van der Waals surface area contributed by atoms with Crippen molar-refractivity contribution in [1.82, 2.24) is 20.1 Å². The van der Waals surface area contributed by atoms with Gasteiger partial charge < -0.3 is 9.88 Å². The minimum absolute atomic E-state index is 0.0207. The molecule has 0 amide bonds. The first-order valence-corrected chi connectivity index (χ1v) is 7.60. The monoisotopic (exact) mass is 274 g/mol. The number of nitrogens with one attached hydrogen (secondary N) is 1. The number of hydrogen-bond donors (Lipinski definition) is 1. The SMILES string of the molecule is CC(NCCS(=O)(=O)C(C)(C)C)c1nncn1C. The second kappa shape index (κ2) is 5.36. The zero-order valence-electron chi connectivity index (χ0n) is 11.6. The van der Waals surface area contributed by atoms with Crippen LogP contribution in [0.2, 0.25) is 0 Å². The summed E-state index contributed by atoms with van der Waals surface area (Å²) < 4.78 is 24.9. The summed E-state index contributed by atoms with van der Waals surface area (Å²) in [5.74, 6) is 0.918. The molecule has 0 saturated heterocycles. The molecule has 18 heavy (non-hydrogen) atoms. The first-order valence-electron chi connectivity index (χ1n) is 5.95. The summed E-state index contributed by atoms with van der Waals surface area (Å²) in [5, 5.41) is 10.9. The highest BCUT2D eigenvalue weighted by Gasteiger charge is 2.28. The summed E-state index contributed by atoms with van der Waals surface area (Å²) in [4.78, 5) is 0. The minimum atomic E-state index is -3.08. The van der Waals surface area contributed by atoms with Crippen molar-refractivity contribution >= 4 is 9.84 Å². The maximum atomic E-state index is 11.9. The first kappa shape index (κ1) is 15.1. The fraction of sp³-hybridized carbons (Fsp3) is 0.818. The average Bonchev–Trinajstić information content (AvgIpc) is 2.62. The fourth-order valence-electron chi connectivity index (χ4n) is 1.49. The molecule has 0 spiro atoms. The van der Waals surface area contributed by atoms with Crippen LogP contribution < -0.4 is 5.32 Å². The number of nitrogens with zero attached hydrogens (tertiary/aromatic N) is 3. The highest BCUT2D eigenvalue weighted by Crippen LogP contribution is 2.15. The first-order chi connectivity index (χ1) is 8.15. The molecular formula is C11H22N4O2S. The third-order valence-corrected chi connectivity index (χ3v) is 5.50. The molecule has 0 fully saturated rings. The number of aromatic nitrogens is 3. The van der Waals surface area contributed by atoms with Gasteiger partial charge in [0, 0.05) is 13.6 Å². The number of sulfone groups is 1. The molecule has 0 aliphatic heterocycles. The van der Waals surface area contributed by atoms with E-state index in [0.29, 0.717) is 6.54 Å². The standard InChI is InChI=1S/C11H22N4O2S/c1-9(10-14-13-8-15(10)5)12-6-7-18(16,17)11(2,3)4/h8-9,12H,6-7H2,1-5H3. The Morgan fingerprint density at radius 3 is 2.50 bits per heavy atom. The number of rotatable bonds is 5. The lowest BCUT2D eigenvalue weighted by Gasteiger charge is -2.20. The van der Waals surface area contributed by atoms with Gasteiger partial charge in [-0.2, -0.15) is 0 Å². The van der Waals surface area contributed by atoms with Crippen LogP contribution in [0.3, 0.4) is 0 Å². The van der Waals surface area contributed by atoms with Gasteiger partial charge in [0.25, 0.3) is 0 Å². The zero-order chi connectivity index (χ0) is 14.0. The summed E-state index contributed by atoms with van der Waals surface area (Å²) in [6.07, 6.45) is 1.62. The molecule has 0 radical (unpaired) electrons. The molecule has 104 valence electrons. The molecule has 0 saturated carbocycles. The molecule has 1 rings (SSSR count). The van der Waals surface area contributed by atoms with Gasteiger partial charge in [0.1, 0.15) is 12.2 Å². The molecule has 1 aromatic rings. The maximum Gasteiger partial charge on any atom is 0.156 e. The highest BCUT2D eigenvalue weighted by molar-refractivity contribution is 7.92. The highest BCUT2D eigenvalue weighted by atomic mass is 32.2. The van der Waals surface area contributed by atoms with Gasteiger partial charge in [-0.05, 0) is 27.7 Å². The topological polar surface area (TPSA) is 76.9 Å². The van der Waals surface area contributed by atoms with Crippen molar-refractivity contribution in [2.45, 2.75) is 38.5 Å². The van der Waals surface area contributed by atoms with E-state index in [4.69, 9.17) is 0 Å². The van der Waals surface area contributed by atoms with Crippen LogP contribution in [-0.2, 0) is 16.9 Å². The summed E-state index contributed by atoms with van der Waals surface area (Å²) in [7, 11) is -1.22. The molecule has 0 aromatic carbocycles. The van der Waals surface area contributed by atoms with E-state index in [1.165, 1.54) is 0 Å². The van der Waals surface area contributed by atoms with Crippen LogP contribution in [0.25, 0.3) is 0 Å². The lowest BCUT2D eigenvalue weighted by atomic mass is 10.3. The Morgan fingerprint density at radius 1 is 1.44 bits per heavy atom. The van der Waals surface area contributed by atoms with Crippen LogP contribution in [0.1, 0.15) is 39.6 Å². The minimum Gasteiger partial charge on any atom is -0.319 e. The summed E-state index contributed by atoms with van der Waals surface area (Å²) >= 11 is 0. The van der Waals surface area contributed by atoms with E-state index in [9.17, 15) is 8.42 Å². The molecule has 0 aliphatic rings. The smallest absolute Gasteiger partial charge is 0.156 e. The third kappa shape index (κ3) is 3.52. The van der Waals surface area contributed by atoms with Gasteiger partial charge >= 0.3 is 0 Å². The molecule has 1 heterocycles. The van der Waals surface area contributed by atoms with Gasteiger partial charge in [-0.3, -0.25) is 0 Å². The van der Waals surface area contributed by atoms with E-state index in [-0.39, 0.29) is 11.8 Å². The van der Waals surface area contributed by atoms with E-state index in [0.717, 1.165) is 5.82 Å². The van der Waals surface area contributed by atoms with E-state index < -0.39 is 14.6 Å². The Kier molecular flexibility index (Phi) is 4.50. The quantitative estimate of drug-likeness (QED) is 0.854. The van der Waals surface area contributed by atoms with Gasteiger partial charge in [-0.25, -0.2) is 8.42 Å². The van der Waals surface area contributed by atoms with Crippen LogP contribution in [-0.4, -0.2) is 40.2 Å². The van der Waals surface area contributed by atoms with Crippen LogP contribution >= 0.6 is 0 Å². The van der Waals surface area contributed by atoms with Crippen LogP contribution in [0.5, 0.6) is 0 Å². The Balaban J connectivity index is 2.51. The Labute approximate surface area is 109 Å². The normalized spacial score (nSPS) is 14.7. The second-order valence-electron chi connectivity index (χ2n) is 5.41. The zero-order valence-corrected chi connectivity index (χ0v) is 12.5. The van der Waals surface area contributed by atoms with Crippen molar-refractivity contribution in [2.24, 2.45) is 7.05 Å². The second-order valence-corrected chi connectivity index (χ2v) is 8.27. The van der Waals surface area contributed by atoms with Crippen molar-refractivity contribution in [3.05, 3.63) is 12.2 Å². The third-order valence-electron chi connectivity index (χ3n) is 2.89. The molecule has 0 bridgehead atoms. The van der Waals surface area contributed by atoms with Gasteiger partial charge in [0.15, 0.2) is 9.84 Å². The van der Waals surface area contributed by atoms with Crippen molar-refractivity contribution in [1.29, 1.82) is 0 Å². The summed E-state index contributed by atoms with van der Waals surface area (Å²) in [5.41, 5.74) is 0. The summed E-state index contributed by atoms with van der Waals surface area (Å²) in [6.45, 7) is 7.50. The molecule has 7 heteroatoms. The van der Waals surface area contributed by atoms with Crippen molar-refractivity contribution < 1.29 is 8.42 Å². The van der Waals surface area contributed by atoms with E-state index >= 15 is 0 Å². The van der Waals surface area contributed by atoms with Gasteiger partial charge in [0.05, 0.1) is 16.5 Å². The van der Waals surface area contributed by atoms with Crippen LogP contribution in [0, 0.1) is 0 Å². The van der Waals surface area contributed by atoms with Crippen LogP contribution in [0.15, 0.2) is 6.33 Å². The van der Waals surface area contributed by atoms with Gasteiger partial charge in [0.2, 0.25) is 0 Å². The number of hydrogen-bond acceptors (Lipinski definition) is 5. The van der Waals surface area contributed by atoms with E-state index in [1.54, 1.807) is 27.1 Å². The Hall–Kier alpha value is -0.950. The van der Waals surface area contributed by atoms with Crippen molar-refractivity contribution in [3.63, 3.8) is 0 Å². The lowest BCUT2D eigenvalue weighted by Crippen LogP contribution is -2.35. The predicted molar refractivity (Wildman–Crippen MR) is 71.0 cm³/mol. The lowest BCUT2D eigenvalue weighted by molar-refractivity contribution is 0.529. The van der Waals surface area contributed by atoms with Gasteiger partial charge in [-0.15, -0.1) is 10.2 Å². The van der Waals surface area contributed by atoms with Crippen molar-refractivity contribution in [3.8, 4) is 0 Å². The molecule has 0 aliphatic carbocycles. The largest absolute Gasteiger partial charge is 0.319 e. The number of aryl methyl sites for hydroxylation is 1. The van der Waals surface area contributed by atoms with Crippen molar-refractivity contribution in [2.75, 3.05) is 12.3 Å². The molecule has 1 unspecified atom stereocenters. The van der Waals surface area contributed by atoms with E-state index in [2.05, 4.69) is 15.5 Å². The predicted octanol–water partition coefficient (Wildman–Crippen LogP) is 0.679. The fourth-order valence-corrected chi connectivity index (χ4v) is 2.49. The molecule has 6 nitrogen and oxygen atoms in total. The maximum absolute atomic E-state index is 11.9. The van der Waals surface area contributed by atoms with Crippen LogP contribution in [0.4, 0.5) is 0 Å². The Morgan fingerprint density at radius 2 is 2.06 bits per heavy atom.